The molecule has 0 aliphatic carbocycles. The van der Waals surface area contributed by atoms with Crippen molar-refractivity contribution in [1.82, 2.24) is 15.1 Å². The summed E-state index contributed by atoms with van der Waals surface area (Å²) in [5, 5.41) is 7.69. The average Bonchev–Trinajstić information content (AvgIpc) is 2.81. The van der Waals surface area contributed by atoms with Crippen LogP contribution in [0, 0.1) is 19.8 Å². The van der Waals surface area contributed by atoms with Crippen LogP contribution in [0.25, 0.3) is 0 Å². The number of ether oxygens (including phenoxy) is 1. The highest BCUT2D eigenvalue weighted by atomic mass is 16.5. The maximum atomic E-state index is 12.6. The van der Waals surface area contributed by atoms with Crippen LogP contribution in [0.1, 0.15) is 63.2 Å². The van der Waals surface area contributed by atoms with Gasteiger partial charge in [-0.2, -0.15) is 5.10 Å². The molecular weight excluding hydrogens is 338 g/mol. The van der Waals surface area contributed by atoms with E-state index in [-0.39, 0.29) is 18.1 Å². The minimum absolute atomic E-state index is 0.0142. The van der Waals surface area contributed by atoms with Crippen LogP contribution >= 0.6 is 0 Å². The third kappa shape index (κ3) is 5.84. The summed E-state index contributed by atoms with van der Waals surface area (Å²) < 4.78 is 7.68. The Kier molecular flexibility index (Phi) is 7.05. The van der Waals surface area contributed by atoms with Gasteiger partial charge >= 0.3 is 0 Å². The Morgan fingerprint density at radius 1 is 1.11 bits per heavy atom. The maximum absolute atomic E-state index is 12.6. The van der Waals surface area contributed by atoms with E-state index >= 15 is 0 Å². The van der Waals surface area contributed by atoms with Gasteiger partial charge in [0.2, 0.25) is 5.91 Å². The zero-order valence-corrected chi connectivity index (χ0v) is 17.7. The van der Waals surface area contributed by atoms with Crippen molar-refractivity contribution in [2.75, 3.05) is 0 Å². The van der Waals surface area contributed by atoms with Crippen molar-refractivity contribution in [3.63, 3.8) is 0 Å². The molecule has 2 rings (SSSR count). The zero-order chi connectivity index (χ0) is 20.1. The smallest absolute Gasteiger partial charge is 0.225 e. The summed E-state index contributed by atoms with van der Waals surface area (Å²) in [6, 6.07) is 7.83. The van der Waals surface area contributed by atoms with Crippen molar-refractivity contribution in [3.05, 3.63) is 46.8 Å². The molecule has 5 heteroatoms. The molecular formula is C22H33N3O2. The Morgan fingerprint density at radius 2 is 1.74 bits per heavy atom. The minimum atomic E-state index is -0.0584. The van der Waals surface area contributed by atoms with Crippen LogP contribution in [0.3, 0.4) is 0 Å². The summed E-state index contributed by atoms with van der Waals surface area (Å²) in [6.07, 6.45) is 0.505. The molecule has 27 heavy (non-hydrogen) atoms. The molecule has 0 aliphatic rings. The van der Waals surface area contributed by atoms with Crippen molar-refractivity contribution in [3.8, 4) is 5.75 Å². The monoisotopic (exact) mass is 371 g/mol. The van der Waals surface area contributed by atoms with Gasteiger partial charge in [0.25, 0.3) is 0 Å². The van der Waals surface area contributed by atoms with Crippen LogP contribution in [0.15, 0.2) is 24.3 Å². The molecule has 148 valence electrons. The Balaban J connectivity index is 2.00. The van der Waals surface area contributed by atoms with Crippen molar-refractivity contribution in [2.45, 2.75) is 73.6 Å². The Morgan fingerprint density at radius 3 is 2.30 bits per heavy atom. The topological polar surface area (TPSA) is 56.2 Å². The van der Waals surface area contributed by atoms with Gasteiger partial charge in [-0.1, -0.05) is 26.0 Å². The van der Waals surface area contributed by atoms with Crippen molar-refractivity contribution in [2.24, 2.45) is 5.92 Å². The van der Waals surface area contributed by atoms with Crippen LogP contribution in [-0.4, -0.2) is 21.8 Å². The van der Waals surface area contributed by atoms with Crippen molar-refractivity contribution < 1.29 is 9.53 Å². The molecule has 0 bridgehead atoms. The van der Waals surface area contributed by atoms with Crippen LogP contribution < -0.4 is 10.1 Å². The summed E-state index contributed by atoms with van der Waals surface area (Å²) in [7, 11) is 0. The van der Waals surface area contributed by atoms with Gasteiger partial charge in [0.15, 0.2) is 0 Å². The fourth-order valence-corrected chi connectivity index (χ4v) is 3.16. The van der Waals surface area contributed by atoms with E-state index in [0.29, 0.717) is 12.3 Å². The first kappa shape index (κ1) is 21.0. The van der Waals surface area contributed by atoms with Gasteiger partial charge in [0.1, 0.15) is 5.75 Å². The number of nitrogens with one attached hydrogen (secondary N) is 1. The molecule has 1 unspecified atom stereocenters. The standard InChI is InChI=1S/C22H33N3O2/c1-14(2)13-25-18(7)21(17(6)24-25)12-22(26)23-16(5)19-8-10-20(11-9-19)27-15(3)4/h8-11,14-16H,12-13H2,1-7H3,(H,23,26). The summed E-state index contributed by atoms with van der Waals surface area (Å²) in [4.78, 5) is 12.6. The quantitative estimate of drug-likeness (QED) is 0.750. The van der Waals surface area contributed by atoms with Crippen LogP contribution in [0.4, 0.5) is 0 Å². The molecule has 1 amide bonds. The van der Waals surface area contributed by atoms with Crippen LogP contribution in [-0.2, 0) is 17.8 Å². The van der Waals surface area contributed by atoms with Gasteiger partial charge in [0, 0.05) is 17.8 Å². The van der Waals surface area contributed by atoms with Gasteiger partial charge in [-0.3, -0.25) is 9.48 Å². The van der Waals surface area contributed by atoms with E-state index in [1.165, 1.54) is 0 Å². The summed E-state index contributed by atoms with van der Waals surface area (Å²) >= 11 is 0. The van der Waals surface area contributed by atoms with Gasteiger partial charge in [-0.15, -0.1) is 0 Å². The largest absolute Gasteiger partial charge is 0.491 e. The number of aryl methyl sites for hydroxylation is 1. The van der Waals surface area contributed by atoms with Crippen LogP contribution in [0.2, 0.25) is 0 Å². The molecule has 0 spiro atoms. The van der Waals surface area contributed by atoms with Crippen molar-refractivity contribution >= 4 is 5.91 Å². The average molecular weight is 372 g/mol. The van der Waals surface area contributed by atoms with Gasteiger partial charge in [0.05, 0.1) is 24.3 Å². The molecule has 1 N–H and O–H groups in total. The third-order valence-electron chi connectivity index (χ3n) is 4.54. The first-order valence-corrected chi connectivity index (χ1v) is 9.76. The first-order chi connectivity index (χ1) is 12.7. The lowest BCUT2D eigenvalue weighted by Gasteiger charge is -2.16. The van der Waals surface area contributed by atoms with E-state index in [4.69, 9.17) is 4.74 Å². The fourth-order valence-electron chi connectivity index (χ4n) is 3.16. The first-order valence-electron chi connectivity index (χ1n) is 9.76. The lowest BCUT2D eigenvalue weighted by atomic mass is 10.1. The number of benzene rings is 1. The van der Waals surface area contributed by atoms with E-state index in [1.807, 2.05) is 63.6 Å². The molecule has 0 saturated heterocycles. The molecule has 1 heterocycles. The molecule has 1 aromatic heterocycles. The number of nitrogens with zero attached hydrogens (tertiary/aromatic N) is 2. The number of amides is 1. The molecule has 5 nitrogen and oxygen atoms in total. The predicted octanol–water partition coefficient (Wildman–Crippen LogP) is 4.36. The molecule has 0 saturated carbocycles. The minimum Gasteiger partial charge on any atom is -0.491 e. The molecule has 2 aromatic rings. The second kappa shape index (κ2) is 9.07. The number of carbonyl (C=O) groups is 1. The molecule has 0 radical (unpaired) electrons. The third-order valence-corrected chi connectivity index (χ3v) is 4.54. The van der Waals surface area contributed by atoms with Gasteiger partial charge in [-0.25, -0.2) is 0 Å². The van der Waals surface area contributed by atoms with Gasteiger partial charge < -0.3 is 10.1 Å². The highest BCUT2D eigenvalue weighted by Crippen LogP contribution is 2.20. The second-order valence-corrected chi connectivity index (χ2v) is 7.93. The zero-order valence-electron chi connectivity index (χ0n) is 17.7. The second-order valence-electron chi connectivity index (χ2n) is 7.93. The Hall–Kier alpha value is -2.30. The normalized spacial score (nSPS) is 12.5. The molecule has 0 aliphatic heterocycles. The lowest BCUT2D eigenvalue weighted by molar-refractivity contribution is -0.121. The fraction of sp³-hybridized carbons (Fsp3) is 0.545. The Bertz CT molecular complexity index is 761. The molecule has 1 aromatic carbocycles. The highest BCUT2D eigenvalue weighted by molar-refractivity contribution is 5.79. The summed E-state index contributed by atoms with van der Waals surface area (Å²) in [5.74, 6) is 1.38. The molecule has 0 fully saturated rings. The number of aromatic nitrogens is 2. The summed E-state index contributed by atoms with van der Waals surface area (Å²) in [6.45, 7) is 15.2. The van der Waals surface area contributed by atoms with Crippen LogP contribution in [0.5, 0.6) is 5.75 Å². The SMILES string of the molecule is Cc1nn(CC(C)C)c(C)c1CC(=O)NC(C)c1ccc(OC(C)C)cc1. The lowest BCUT2D eigenvalue weighted by Crippen LogP contribution is -2.28. The Labute approximate surface area is 163 Å². The van der Waals surface area contributed by atoms with E-state index < -0.39 is 0 Å². The van der Waals surface area contributed by atoms with E-state index in [0.717, 1.165) is 34.8 Å². The van der Waals surface area contributed by atoms with E-state index in [1.54, 1.807) is 0 Å². The number of rotatable bonds is 8. The highest BCUT2D eigenvalue weighted by Gasteiger charge is 2.17. The number of hydrogen-bond acceptors (Lipinski definition) is 3. The van der Waals surface area contributed by atoms with Crippen molar-refractivity contribution in [1.29, 1.82) is 0 Å². The maximum Gasteiger partial charge on any atom is 0.225 e. The van der Waals surface area contributed by atoms with E-state index in [9.17, 15) is 4.79 Å². The molecule has 1 atom stereocenters. The number of hydrogen-bond donors (Lipinski definition) is 1. The predicted molar refractivity (Wildman–Crippen MR) is 109 cm³/mol. The van der Waals surface area contributed by atoms with Gasteiger partial charge in [-0.05, 0) is 58.2 Å². The number of carbonyl (C=O) groups excluding carboxylic acids is 1. The van der Waals surface area contributed by atoms with E-state index in [2.05, 4.69) is 24.3 Å². The summed E-state index contributed by atoms with van der Waals surface area (Å²) in [5.41, 5.74) is 4.11.